The highest BCUT2D eigenvalue weighted by Gasteiger charge is 1.86. The SMILES string of the molecule is Cc1ncc(O)[nH]1.Cl. The number of aromatic hydroxyl groups is 1. The van der Waals surface area contributed by atoms with E-state index >= 15 is 0 Å². The first-order chi connectivity index (χ1) is 3.29. The fraction of sp³-hybridized carbons (Fsp3) is 0.250. The van der Waals surface area contributed by atoms with Crippen molar-refractivity contribution in [2.45, 2.75) is 6.92 Å². The molecule has 0 bridgehead atoms. The second-order valence-corrected chi connectivity index (χ2v) is 1.35. The third kappa shape index (κ3) is 1.42. The Morgan fingerprint density at radius 2 is 2.38 bits per heavy atom. The van der Waals surface area contributed by atoms with Gasteiger partial charge in [-0.05, 0) is 6.92 Å². The molecule has 0 saturated carbocycles. The summed E-state index contributed by atoms with van der Waals surface area (Å²) in [6, 6.07) is 0. The minimum absolute atomic E-state index is 0. The number of imidazole rings is 1. The summed E-state index contributed by atoms with van der Waals surface area (Å²) in [6.07, 6.45) is 1.37. The Labute approximate surface area is 53.2 Å². The van der Waals surface area contributed by atoms with Crippen LogP contribution in [-0.2, 0) is 0 Å². The highest BCUT2D eigenvalue weighted by molar-refractivity contribution is 5.85. The lowest BCUT2D eigenvalue weighted by Gasteiger charge is -1.74. The van der Waals surface area contributed by atoms with Crippen LogP contribution in [0.2, 0.25) is 0 Å². The van der Waals surface area contributed by atoms with Gasteiger partial charge in [0.1, 0.15) is 5.82 Å². The molecule has 0 saturated heterocycles. The van der Waals surface area contributed by atoms with E-state index in [9.17, 15) is 0 Å². The molecular formula is C4H7ClN2O. The largest absolute Gasteiger partial charge is 0.493 e. The van der Waals surface area contributed by atoms with Crippen LogP contribution in [0.1, 0.15) is 5.82 Å². The van der Waals surface area contributed by atoms with E-state index in [0.29, 0.717) is 0 Å². The van der Waals surface area contributed by atoms with Gasteiger partial charge >= 0.3 is 0 Å². The molecule has 46 valence electrons. The molecule has 1 aromatic heterocycles. The molecule has 0 fully saturated rings. The number of hydrogen-bond acceptors (Lipinski definition) is 2. The number of H-pyrrole nitrogens is 1. The van der Waals surface area contributed by atoms with Crippen molar-refractivity contribution in [3.63, 3.8) is 0 Å². The summed E-state index contributed by atoms with van der Waals surface area (Å²) < 4.78 is 0. The molecule has 4 heteroatoms. The maximum Gasteiger partial charge on any atom is 0.208 e. The van der Waals surface area contributed by atoms with Crippen molar-refractivity contribution < 1.29 is 5.11 Å². The highest BCUT2D eigenvalue weighted by Crippen LogP contribution is 1.99. The van der Waals surface area contributed by atoms with Crippen molar-refractivity contribution in [2.75, 3.05) is 0 Å². The molecule has 0 amide bonds. The van der Waals surface area contributed by atoms with Gasteiger partial charge in [0.2, 0.25) is 5.88 Å². The van der Waals surface area contributed by atoms with E-state index in [1.807, 2.05) is 0 Å². The maximum atomic E-state index is 8.54. The van der Waals surface area contributed by atoms with Crippen LogP contribution >= 0.6 is 12.4 Å². The van der Waals surface area contributed by atoms with Crippen molar-refractivity contribution in [1.29, 1.82) is 0 Å². The molecule has 0 aliphatic carbocycles. The van der Waals surface area contributed by atoms with Crippen LogP contribution in [0.5, 0.6) is 5.88 Å². The van der Waals surface area contributed by atoms with E-state index in [1.165, 1.54) is 6.20 Å². The Morgan fingerprint density at radius 1 is 1.75 bits per heavy atom. The highest BCUT2D eigenvalue weighted by atomic mass is 35.5. The first-order valence-corrected chi connectivity index (χ1v) is 1.99. The van der Waals surface area contributed by atoms with Crippen LogP contribution in [0.15, 0.2) is 6.20 Å². The first-order valence-electron chi connectivity index (χ1n) is 1.99. The fourth-order valence-corrected chi connectivity index (χ4v) is 0.408. The van der Waals surface area contributed by atoms with Gasteiger partial charge in [-0.15, -0.1) is 12.4 Å². The molecule has 1 aromatic rings. The van der Waals surface area contributed by atoms with Crippen LogP contribution in [0, 0.1) is 6.92 Å². The number of halogens is 1. The van der Waals surface area contributed by atoms with E-state index in [0.717, 1.165) is 5.82 Å². The van der Waals surface area contributed by atoms with Gasteiger partial charge in [0, 0.05) is 0 Å². The molecule has 0 unspecified atom stereocenters. The number of nitrogens with one attached hydrogen (secondary N) is 1. The Balaban J connectivity index is 0.000000490. The molecule has 1 heterocycles. The molecule has 2 N–H and O–H groups in total. The number of aromatic amines is 1. The number of hydrogen-bond donors (Lipinski definition) is 2. The van der Waals surface area contributed by atoms with Crippen molar-refractivity contribution in [3.8, 4) is 5.88 Å². The molecule has 0 radical (unpaired) electrons. The van der Waals surface area contributed by atoms with E-state index in [1.54, 1.807) is 6.92 Å². The van der Waals surface area contributed by atoms with Crippen LogP contribution in [-0.4, -0.2) is 15.1 Å². The van der Waals surface area contributed by atoms with Crippen molar-refractivity contribution in [2.24, 2.45) is 0 Å². The number of nitrogens with zero attached hydrogens (tertiary/aromatic N) is 1. The van der Waals surface area contributed by atoms with Gasteiger partial charge in [0.05, 0.1) is 6.20 Å². The minimum atomic E-state index is 0. The average molecular weight is 135 g/mol. The topological polar surface area (TPSA) is 48.9 Å². The molecular weight excluding hydrogens is 128 g/mol. The molecule has 0 spiro atoms. The normalized spacial score (nSPS) is 8.12. The molecule has 0 atom stereocenters. The van der Waals surface area contributed by atoms with Crippen LogP contribution in [0.3, 0.4) is 0 Å². The zero-order chi connectivity index (χ0) is 5.28. The molecule has 3 nitrogen and oxygen atoms in total. The Bertz CT molecular complexity index is 146. The average Bonchev–Trinajstić information content (AvgIpc) is 1.87. The fourth-order valence-electron chi connectivity index (χ4n) is 0.408. The van der Waals surface area contributed by atoms with Crippen molar-refractivity contribution in [1.82, 2.24) is 9.97 Å². The Kier molecular flexibility index (Phi) is 2.34. The van der Waals surface area contributed by atoms with Gasteiger partial charge in [-0.25, -0.2) is 4.98 Å². The molecule has 0 aromatic carbocycles. The lowest BCUT2D eigenvalue weighted by Crippen LogP contribution is -1.67. The molecule has 8 heavy (non-hydrogen) atoms. The molecule has 1 rings (SSSR count). The second-order valence-electron chi connectivity index (χ2n) is 1.35. The van der Waals surface area contributed by atoms with Crippen LogP contribution in [0.25, 0.3) is 0 Å². The maximum absolute atomic E-state index is 8.54. The molecule has 0 aliphatic heterocycles. The minimum Gasteiger partial charge on any atom is -0.493 e. The van der Waals surface area contributed by atoms with E-state index in [2.05, 4.69) is 9.97 Å². The standard InChI is InChI=1S/C4H6N2O.ClH/c1-3-5-2-4(7)6-3;/h2,7H,1H3,(H,5,6);1H. The lowest BCUT2D eigenvalue weighted by atomic mass is 10.8. The summed E-state index contributed by atoms with van der Waals surface area (Å²) >= 11 is 0. The van der Waals surface area contributed by atoms with Gasteiger partial charge in [-0.1, -0.05) is 0 Å². The van der Waals surface area contributed by atoms with Crippen molar-refractivity contribution >= 4 is 12.4 Å². The van der Waals surface area contributed by atoms with E-state index in [4.69, 9.17) is 5.11 Å². The Hall–Kier alpha value is -0.700. The lowest BCUT2D eigenvalue weighted by molar-refractivity contribution is 0.456. The first kappa shape index (κ1) is 7.30. The zero-order valence-electron chi connectivity index (χ0n) is 4.38. The quantitative estimate of drug-likeness (QED) is 0.553. The monoisotopic (exact) mass is 134 g/mol. The van der Waals surface area contributed by atoms with Gasteiger partial charge in [0.15, 0.2) is 0 Å². The smallest absolute Gasteiger partial charge is 0.208 e. The van der Waals surface area contributed by atoms with Crippen LogP contribution < -0.4 is 0 Å². The number of rotatable bonds is 0. The van der Waals surface area contributed by atoms with Gasteiger partial charge in [-0.3, -0.25) is 0 Å². The molecule has 0 aliphatic rings. The van der Waals surface area contributed by atoms with Crippen LogP contribution in [0.4, 0.5) is 0 Å². The summed E-state index contributed by atoms with van der Waals surface area (Å²) in [6.45, 7) is 1.78. The van der Waals surface area contributed by atoms with E-state index in [-0.39, 0.29) is 18.3 Å². The van der Waals surface area contributed by atoms with Gasteiger partial charge in [0.25, 0.3) is 0 Å². The summed E-state index contributed by atoms with van der Waals surface area (Å²) in [4.78, 5) is 6.29. The predicted octanol–water partition coefficient (Wildman–Crippen LogP) is 0.846. The van der Waals surface area contributed by atoms with E-state index < -0.39 is 0 Å². The third-order valence-electron chi connectivity index (χ3n) is 0.689. The number of aromatic nitrogens is 2. The van der Waals surface area contributed by atoms with Gasteiger partial charge in [-0.2, -0.15) is 0 Å². The summed E-state index contributed by atoms with van der Waals surface area (Å²) in [5, 5.41) is 8.54. The second kappa shape index (κ2) is 2.57. The predicted molar refractivity (Wildman–Crippen MR) is 32.2 cm³/mol. The summed E-state index contributed by atoms with van der Waals surface area (Å²) in [5.74, 6) is 0.856. The number of aryl methyl sites for hydroxylation is 1. The van der Waals surface area contributed by atoms with Gasteiger partial charge < -0.3 is 10.1 Å². The Morgan fingerprint density at radius 3 is 2.50 bits per heavy atom. The summed E-state index contributed by atoms with van der Waals surface area (Å²) in [5.41, 5.74) is 0. The van der Waals surface area contributed by atoms with Crippen molar-refractivity contribution in [3.05, 3.63) is 12.0 Å². The zero-order valence-corrected chi connectivity index (χ0v) is 5.20. The summed E-state index contributed by atoms with van der Waals surface area (Å²) in [7, 11) is 0. The third-order valence-corrected chi connectivity index (χ3v) is 0.689.